The van der Waals surface area contributed by atoms with E-state index in [-0.39, 0.29) is 24.6 Å². The summed E-state index contributed by atoms with van der Waals surface area (Å²) < 4.78 is 13.3. The highest BCUT2D eigenvalue weighted by molar-refractivity contribution is 6.00. The maximum Gasteiger partial charge on any atom is 0.238 e. The van der Waals surface area contributed by atoms with Crippen LogP contribution in [0.1, 0.15) is 17.5 Å². The average molecular weight is 329 g/mol. The lowest BCUT2D eigenvalue weighted by molar-refractivity contribution is -0.116. The summed E-state index contributed by atoms with van der Waals surface area (Å²) in [5, 5.41) is 5.16. The Bertz CT molecular complexity index is 730. The predicted octanol–water partition coefficient (Wildman–Crippen LogP) is 2.60. The van der Waals surface area contributed by atoms with Crippen LogP contribution < -0.4 is 16.4 Å². The molecule has 5 nitrogen and oxygen atoms in total. The summed E-state index contributed by atoms with van der Waals surface area (Å²) in [4.78, 5) is 23.5. The summed E-state index contributed by atoms with van der Waals surface area (Å²) in [5.74, 6) is -1.19. The molecule has 2 aromatic rings. The summed E-state index contributed by atoms with van der Waals surface area (Å²) in [6.45, 7) is 1.78. The first-order valence-corrected chi connectivity index (χ1v) is 7.63. The van der Waals surface area contributed by atoms with Gasteiger partial charge < -0.3 is 16.4 Å². The molecule has 2 rings (SSSR count). The van der Waals surface area contributed by atoms with Crippen LogP contribution in [-0.2, 0) is 16.0 Å². The Morgan fingerprint density at radius 3 is 2.33 bits per heavy atom. The summed E-state index contributed by atoms with van der Waals surface area (Å²) in [7, 11) is 0. The van der Waals surface area contributed by atoms with Gasteiger partial charge in [-0.05, 0) is 37.1 Å². The number of hydrogen-bond donors (Lipinski definition) is 3. The van der Waals surface area contributed by atoms with Crippen molar-refractivity contribution in [1.82, 2.24) is 0 Å². The van der Waals surface area contributed by atoms with E-state index in [4.69, 9.17) is 5.73 Å². The first-order valence-electron chi connectivity index (χ1n) is 7.63. The van der Waals surface area contributed by atoms with Crippen molar-refractivity contribution in [2.24, 2.45) is 5.73 Å². The van der Waals surface area contributed by atoms with Gasteiger partial charge in [0.2, 0.25) is 11.8 Å². The van der Waals surface area contributed by atoms with Crippen molar-refractivity contribution in [3.8, 4) is 0 Å². The molecule has 0 atom stereocenters. The number of halogens is 1. The highest BCUT2D eigenvalue weighted by Gasteiger charge is 2.10. The van der Waals surface area contributed by atoms with E-state index in [1.807, 2.05) is 31.2 Å². The average Bonchev–Trinajstić information content (AvgIpc) is 2.56. The largest absolute Gasteiger partial charge is 0.324 e. The quantitative estimate of drug-likeness (QED) is 0.761. The fraction of sp³-hybridized carbons (Fsp3) is 0.222. The molecule has 0 spiro atoms. The molecule has 0 unspecified atom stereocenters. The Morgan fingerprint density at radius 2 is 1.67 bits per heavy atom. The number of aryl methyl sites for hydroxylation is 2. The fourth-order valence-corrected chi connectivity index (χ4v) is 2.16. The van der Waals surface area contributed by atoms with Crippen LogP contribution in [0.15, 0.2) is 42.5 Å². The summed E-state index contributed by atoms with van der Waals surface area (Å²) >= 11 is 0. The van der Waals surface area contributed by atoms with Crippen LogP contribution in [0.5, 0.6) is 0 Å². The number of benzene rings is 2. The topological polar surface area (TPSA) is 84.2 Å². The molecule has 0 saturated heterocycles. The Labute approximate surface area is 140 Å². The highest BCUT2D eigenvalue weighted by atomic mass is 19.1. The van der Waals surface area contributed by atoms with Gasteiger partial charge in [0.15, 0.2) is 0 Å². The van der Waals surface area contributed by atoms with E-state index in [0.717, 1.165) is 17.2 Å². The second-order valence-electron chi connectivity index (χ2n) is 5.48. The van der Waals surface area contributed by atoms with Gasteiger partial charge >= 0.3 is 0 Å². The molecule has 6 heteroatoms. The molecule has 2 amide bonds. The Balaban J connectivity index is 2.00. The minimum absolute atomic E-state index is 0.189. The lowest BCUT2D eigenvalue weighted by Gasteiger charge is -2.12. The second kappa shape index (κ2) is 8.21. The molecule has 126 valence electrons. The maximum atomic E-state index is 13.3. The molecule has 0 heterocycles. The SMILES string of the molecule is Cc1ccc(CCC(=O)Nc2ccc(F)cc2NC(=O)CN)cc1. The molecule has 0 radical (unpaired) electrons. The third-order valence-electron chi connectivity index (χ3n) is 3.48. The molecular weight excluding hydrogens is 309 g/mol. The fourth-order valence-electron chi connectivity index (χ4n) is 2.16. The third kappa shape index (κ3) is 5.17. The molecule has 0 aliphatic rings. The van der Waals surface area contributed by atoms with Gasteiger partial charge in [0, 0.05) is 6.42 Å². The van der Waals surface area contributed by atoms with E-state index in [9.17, 15) is 14.0 Å². The van der Waals surface area contributed by atoms with Gasteiger partial charge in [0.25, 0.3) is 0 Å². The highest BCUT2D eigenvalue weighted by Crippen LogP contribution is 2.23. The van der Waals surface area contributed by atoms with E-state index in [0.29, 0.717) is 12.1 Å². The molecule has 0 saturated carbocycles. The number of anilines is 2. The molecule has 0 bridgehead atoms. The van der Waals surface area contributed by atoms with Crippen LogP contribution in [0.3, 0.4) is 0 Å². The molecule has 0 aromatic heterocycles. The van der Waals surface area contributed by atoms with Crippen molar-refractivity contribution < 1.29 is 14.0 Å². The molecule has 4 N–H and O–H groups in total. The van der Waals surface area contributed by atoms with Gasteiger partial charge in [-0.25, -0.2) is 4.39 Å². The maximum absolute atomic E-state index is 13.3. The summed E-state index contributed by atoms with van der Waals surface area (Å²) in [6, 6.07) is 11.7. The minimum Gasteiger partial charge on any atom is -0.324 e. The Hall–Kier alpha value is -2.73. The van der Waals surface area contributed by atoms with E-state index in [2.05, 4.69) is 10.6 Å². The number of hydrogen-bond acceptors (Lipinski definition) is 3. The van der Waals surface area contributed by atoms with Crippen molar-refractivity contribution in [2.45, 2.75) is 19.8 Å². The summed E-state index contributed by atoms with van der Waals surface area (Å²) in [5.41, 5.74) is 7.99. The standard InChI is InChI=1S/C18H20FN3O2/c1-12-2-4-13(5-3-12)6-9-17(23)21-15-8-7-14(19)10-16(15)22-18(24)11-20/h2-5,7-8,10H,6,9,11,20H2,1H3,(H,21,23)(H,22,24). The zero-order valence-electron chi connectivity index (χ0n) is 13.4. The van der Waals surface area contributed by atoms with Crippen LogP contribution in [0.25, 0.3) is 0 Å². The smallest absolute Gasteiger partial charge is 0.238 e. The van der Waals surface area contributed by atoms with E-state index in [1.54, 1.807) is 0 Å². The van der Waals surface area contributed by atoms with Crippen LogP contribution in [0, 0.1) is 12.7 Å². The molecule has 0 aliphatic heterocycles. The zero-order valence-corrected chi connectivity index (χ0v) is 13.4. The monoisotopic (exact) mass is 329 g/mol. The first kappa shape index (κ1) is 17.6. The molecule has 0 fully saturated rings. The Morgan fingerprint density at radius 1 is 1.00 bits per heavy atom. The van der Waals surface area contributed by atoms with Crippen LogP contribution in [0.4, 0.5) is 15.8 Å². The second-order valence-corrected chi connectivity index (χ2v) is 5.48. The van der Waals surface area contributed by atoms with Crippen molar-refractivity contribution >= 4 is 23.2 Å². The third-order valence-corrected chi connectivity index (χ3v) is 3.48. The summed E-state index contributed by atoms with van der Waals surface area (Å²) in [6.07, 6.45) is 0.877. The van der Waals surface area contributed by atoms with E-state index < -0.39 is 11.7 Å². The van der Waals surface area contributed by atoms with E-state index in [1.165, 1.54) is 12.1 Å². The first-order chi connectivity index (χ1) is 11.5. The number of amides is 2. The van der Waals surface area contributed by atoms with Gasteiger partial charge in [-0.1, -0.05) is 29.8 Å². The number of rotatable bonds is 6. The lowest BCUT2D eigenvalue weighted by Crippen LogP contribution is -2.23. The van der Waals surface area contributed by atoms with Crippen molar-refractivity contribution in [3.63, 3.8) is 0 Å². The molecule has 24 heavy (non-hydrogen) atoms. The lowest BCUT2D eigenvalue weighted by atomic mass is 10.1. The normalized spacial score (nSPS) is 10.3. The molecule has 0 aliphatic carbocycles. The van der Waals surface area contributed by atoms with Crippen LogP contribution in [0.2, 0.25) is 0 Å². The van der Waals surface area contributed by atoms with Crippen molar-refractivity contribution in [2.75, 3.05) is 17.2 Å². The minimum atomic E-state index is -0.514. The van der Waals surface area contributed by atoms with E-state index >= 15 is 0 Å². The predicted molar refractivity (Wildman–Crippen MR) is 92.2 cm³/mol. The van der Waals surface area contributed by atoms with Gasteiger partial charge in [0.1, 0.15) is 5.82 Å². The van der Waals surface area contributed by atoms with Gasteiger partial charge in [0.05, 0.1) is 17.9 Å². The Kier molecular flexibility index (Phi) is 6.03. The van der Waals surface area contributed by atoms with Crippen LogP contribution in [-0.4, -0.2) is 18.4 Å². The number of nitrogens with one attached hydrogen (secondary N) is 2. The van der Waals surface area contributed by atoms with Gasteiger partial charge in [-0.3, -0.25) is 9.59 Å². The number of nitrogens with two attached hydrogens (primary N) is 1. The number of carbonyl (C=O) groups excluding carboxylic acids is 2. The van der Waals surface area contributed by atoms with Crippen molar-refractivity contribution in [3.05, 3.63) is 59.4 Å². The van der Waals surface area contributed by atoms with Crippen molar-refractivity contribution in [1.29, 1.82) is 0 Å². The zero-order chi connectivity index (χ0) is 17.5. The number of carbonyl (C=O) groups is 2. The van der Waals surface area contributed by atoms with Gasteiger partial charge in [-0.15, -0.1) is 0 Å². The molecule has 2 aromatic carbocycles. The van der Waals surface area contributed by atoms with Gasteiger partial charge in [-0.2, -0.15) is 0 Å². The van der Waals surface area contributed by atoms with Crippen LogP contribution >= 0.6 is 0 Å². The molecular formula is C18H20FN3O2.